The van der Waals surface area contributed by atoms with Gasteiger partial charge in [0.2, 0.25) is 5.91 Å². The van der Waals surface area contributed by atoms with Gasteiger partial charge in [-0.2, -0.15) is 0 Å². The van der Waals surface area contributed by atoms with Crippen LogP contribution in [0.2, 0.25) is 0 Å². The lowest BCUT2D eigenvalue weighted by Gasteiger charge is -2.18. The van der Waals surface area contributed by atoms with E-state index in [0.29, 0.717) is 19.0 Å². The van der Waals surface area contributed by atoms with E-state index in [1.807, 2.05) is 42.5 Å². The highest BCUT2D eigenvalue weighted by atomic mass is 16.6. The molecule has 0 atom stereocenters. The third-order valence-electron chi connectivity index (χ3n) is 5.49. The number of fused-ring (bicyclic) bond motifs is 2. The van der Waals surface area contributed by atoms with Crippen molar-refractivity contribution in [3.05, 3.63) is 53.9 Å². The Balaban J connectivity index is 1.30. The van der Waals surface area contributed by atoms with Crippen LogP contribution in [0.3, 0.4) is 0 Å². The molecule has 0 bridgehead atoms. The van der Waals surface area contributed by atoms with E-state index in [-0.39, 0.29) is 12.3 Å². The Kier molecular flexibility index (Phi) is 5.09. The van der Waals surface area contributed by atoms with Gasteiger partial charge in [0.05, 0.1) is 6.42 Å². The molecule has 7 nitrogen and oxygen atoms in total. The van der Waals surface area contributed by atoms with Crippen molar-refractivity contribution >= 4 is 11.6 Å². The van der Waals surface area contributed by atoms with Gasteiger partial charge in [0, 0.05) is 24.2 Å². The lowest BCUT2D eigenvalue weighted by molar-refractivity contribution is -0.115. The predicted octanol–water partition coefficient (Wildman–Crippen LogP) is 3.62. The van der Waals surface area contributed by atoms with Gasteiger partial charge in [-0.25, -0.2) is 0 Å². The molecule has 30 heavy (non-hydrogen) atoms. The van der Waals surface area contributed by atoms with Gasteiger partial charge in [-0.3, -0.25) is 4.79 Å². The van der Waals surface area contributed by atoms with Gasteiger partial charge in [-0.15, -0.1) is 10.2 Å². The standard InChI is InChI=1S/C23H24N4O3/c28-22(14-16-8-9-19-20(13-16)30-12-11-29-19)24-18-6-4-5-17(15-18)23-26-25-21-7-2-1-3-10-27(21)23/h4-6,8-9,13,15H,1-3,7,10-12,14H2,(H,24,28). The van der Waals surface area contributed by atoms with Crippen LogP contribution in [-0.2, 0) is 24.2 Å². The van der Waals surface area contributed by atoms with Crippen LogP contribution in [0.25, 0.3) is 11.4 Å². The smallest absolute Gasteiger partial charge is 0.228 e. The van der Waals surface area contributed by atoms with Crippen LogP contribution in [0, 0.1) is 0 Å². The number of amides is 1. The molecule has 1 N–H and O–H groups in total. The molecule has 2 aromatic carbocycles. The number of aryl methyl sites for hydroxylation is 1. The number of ether oxygens (including phenoxy) is 2. The summed E-state index contributed by atoms with van der Waals surface area (Å²) in [7, 11) is 0. The topological polar surface area (TPSA) is 78.3 Å². The van der Waals surface area contributed by atoms with Crippen LogP contribution in [-0.4, -0.2) is 33.9 Å². The molecular formula is C23H24N4O3. The van der Waals surface area contributed by atoms with Gasteiger partial charge in [-0.05, 0) is 42.7 Å². The Bertz CT molecular complexity index is 1080. The number of carbonyl (C=O) groups excluding carboxylic acids is 1. The zero-order valence-corrected chi connectivity index (χ0v) is 16.8. The molecule has 5 rings (SSSR count). The molecule has 2 aliphatic rings. The average Bonchev–Trinajstić information content (AvgIpc) is 3.02. The lowest BCUT2D eigenvalue weighted by Crippen LogP contribution is -2.17. The van der Waals surface area contributed by atoms with E-state index in [1.165, 1.54) is 6.42 Å². The molecule has 1 amide bonds. The number of benzene rings is 2. The maximum Gasteiger partial charge on any atom is 0.228 e. The van der Waals surface area contributed by atoms with Crippen molar-refractivity contribution in [3.8, 4) is 22.9 Å². The highest BCUT2D eigenvalue weighted by molar-refractivity contribution is 5.92. The van der Waals surface area contributed by atoms with Crippen molar-refractivity contribution in [1.82, 2.24) is 14.8 Å². The molecule has 3 aromatic rings. The van der Waals surface area contributed by atoms with Crippen LogP contribution >= 0.6 is 0 Å². The number of hydrogen-bond donors (Lipinski definition) is 1. The second-order valence-electron chi connectivity index (χ2n) is 7.69. The van der Waals surface area contributed by atoms with Crippen molar-refractivity contribution in [2.24, 2.45) is 0 Å². The lowest BCUT2D eigenvalue weighted by atomic mass is 10.1. The van der Waals surface area contributed by atoms with Crippen LogP contribution in [0.4, 0.5) is 5.69 Å². The van der Waals surface area contributed by atoms with Crippen LogP contribution in [0.1, 0.15) is 30.7 Å². The summed E-state index contributed by atoms with van der Waals surface area (Å²) >= 11 is 0. The minimum absolute atomic E-state index is 0.0797. The molecule has 0 fully saturated rings. The highest BCUT2D eigenvalue weighted by Crippen LogP contribution is 2.31. The second kappa shape index (κ2) is 8.18. The largest absolute Gasteiger partial charge is 0.486 e. The minimum Gasteiger partial charge on any atom is -0.486 e. The van der Waals surface area contributed by atoms with Gasteiger partial charge in [-0.1, -0.05) is 24.6 Å². The third-order valence-corrected chi connectivity index (χ3v) is 5.49. The molecule has 0 saturated carbocycles. The summed E-state index contributed by atoms with van der Waals surface area (Å²) in [4.78, 5) is 12.6. The quantitative estimate of drug-likeness (QED) is 0.719. The minimum atomic E-state index is -0.0797. The number of anilines is 1. The Morgan fingerprint density at radius 3 is 2.83 bits per heavy atom. The summed E-state index contributed by atoms with van der Waals surface area (Å²) in [5, 5.41) is 11.8. The van der Waals surface area contributed by atoms with Crippen molar-refractivity contribution in [2.45, 2.75) is 38.6 Å². The fourth-order valence-electron chi connectivity index (χ4n) is 4.02. The normalized spacial score (nSPS) is 15.2. The first-order chi connectivity index (χ1) is 14.8. The maximum atomic E-state index is 12.6. The summed E-state index contributed by atoms with van der Waals surface area (Å²) in [5.41, 5.74) is 2.60. The van der Waals surface area contributed by atoms with Gasteiger partial charge < -0.3 is 19.4 Å². The van der Waals surface area contributed by atoms with Crippen molar-refractivity contribution in [2.75, 3.05) is 18.5 Å². The molecule has 3 heterocycles. The molecule has 0 unspecified atom stereocenters. The monoisotopic (exact) mass is 404 g/mol. The Hall–Kier alpha value is -3.35. The summed E-state index contributed by atoms with van der Waals surface area (Å²) in [6.45, 7) is 2.03. The molecule has 7 heteroatoms. The van der Waals surface area contributed by atoms with E-state index in [4.69, 9.17) is 9.47 Å². The molecule has 154 valence electrons. The fourth-order valence-corrected chi connectivity index (χ4v) is 4.02. The Labute approximate surface area is 175 Å². The molecule has 2 aliphatic heterocycles. The first kappa shape index (κ1) is 18.7. The number of rotatable bonds is 4. The summed E-state index contributed by atoms with van der Waals surface area (Å²) in [5.74, 6) is 3.26. The van der Waals surface area contributed by atoms with E-state index in [1.54, 1.807) is 0 Å². The van der Waals surface area contributed by atoms with E-state index in [9.17, 15) is 4.79 Å². The van der Waals surface area contributed by atoms with E-state index in [2.05, 4.69) is 20.1 Å². The van der Waals surface area contributed by atoms with Gasteiger partial charge >= 0.3 is 0 Å². The summed E-state index contributed by atoms with van der Waals surface area (Å²) in [6.07, 6.45) is 4.76. The SMILES string of the molecule is O=C(Cc1ccc2c(c1)OCCO2)Nc1cccc(-c2nnc3n2CCCCC3)c1. The molecular weight excluding hydrogens is 380 g/mol. The van der Waals surface area contributed by atoms with E-state index >= 15 is 0 Å². The molecule has 0 saturated heterocycles. The highest BCUT2D eigenvalue weighted by Gasteiger charge is 2.17. The zero-order valence-electron chi connectivity index (χ0n) is 16.8. The molecule has 0 radical (unpaired) electrons. The first-order valence-electron chi connectivity index (χ1n) is 10.5. The predicted molar refractivity (Wildman–Crippen MR) is 113 cm³/mol. The molecule has 1 aromatic heterocycles. The third kappa shape index (κ3) is 3.87. The molecule has 0 aliphatic carbocycles. The number of aromatic nitrogens is 3. The zero-order chi connectivity index (χ0) is 20.3. The Morgan fingerprint density at radius 2 is 1.90 bits per heavy atom. The first-order valence-corrected chi connectivity index (χ1v) is 10.5. The van der Waals surface area contributed by atoms with Crippen LogP contribution < -0.4 is 14.8 Å². The van der Waals surface area contributed by atoms with E-state index in [0.717, 1.165) is 60.0 Å². The number of carbonyl (C=O) groups is 1. The fraction of sp³-hybridized carbons (Fsp3) is 0.348. The number of hydrogen-bond acceptors (Lipinski definition) is 5. The maximum absolute atomic E-state index is 12.6. The molecule has 0 spiro atoms. The van der Waals surface area contributed by atoms with Gasteiger partial charge in [0.25, 0.3) is 0 Å². The Morgan fingerprint density at radius 1 is 1.00 bits per heavy atom. The average molecular weight is 404 g/mol. The van der Waals surface area contributed by atoms with Crippen LogP contribution in [0.5, 0.6) is 11.5 Å². The second-order valence-corrected chi connectivity index (χ2v) is 7.69. The van der Waals surface area contributed by atoms with Gasteiger partial charge in [0.1, 0.15) is 19.0 Å². The van der Waals surface area contributed by atoms with Gasteiger partial charge in [0.15, 0.2) is 17.3 Å². The number of nitrogens with zero attached hydrogens (tertiary/aromatic N) is 3. The van der Waals surface area contributed by atoms with Crippen molar-refractivity contribution < 1.29 is 14.3 Å². The van der Waals surface area contributed by atoms with Crippen LogP contribution in [0.15, 0.2) is 42.5 Å². The van der Waals surface area contributed by atoms with Crippen molar-refractivity contribution in [1.29, 1.82) is 0 Å². The van der Waals surface area contributed by atoms with Crippen molar-refractivity contribution in [3.63, 3.8) is 0 Å². The van der Waals surface area contributed by atoms with E-state index < -0.39 is 0 Å². The number of nitrogens with one attached hydrogen (secondary N) is 1. The summed E-state index contributed by atoms with van der Waals surface area (Å²) < 4.78 is 13.4. The summed E-state index contributed by atoms with van der Waals surface area (Å²) in [6, 6.07) is 13.4.